The second-order valence-electron chi connectivity index (χ2n) is 4.89. The molecular formula is C16H20N2O5S. The molecule has 0 saturated heterocycles. The van der Waals surface area contributed by atoms with Gasteiger partial charge in [-0.3, -0.25) is 9.35 Å². The van der Waals surface area contributed by atoms with Gasteiger partial charge in [0.05, 0.1) is 18.5 Å². The summed E-state index contributed by atoms with van der Waals surface area (Å²) in [6, 6.07) is 0. The molecule has 7 nitrogen and oxygen atoms in total. The van der Waals surface area contributed by atoms with Crippen molar-refractivity contribution in [1.29, 1.82) is 0 Å². The number of allylic oxidation sites excluding steroid dienone is 1. The Bertz CT molecular complexity index is 826. The second-order valence-corrected chi connectivity index (χ2v) is 6.24. The van der Waals surface area contributed by atoms with E-state index in [2.05, 4.69) is 30.4 Å². The molecule has 0 radical (unpaired) electrons. The standard InChI is InChI=1S/C16H20N2O5S/c1-7-9(3)17-14-10(4)13(18-12(19)8-2)11(5)16(15(14)23-6)24(20,21)22/h7-8,17H,1-3H2,4-6H3,(H,18,19)(H,20,21,22). The van der Waals surface area contributed by atoms with Gasteiger partial charge in [-0.15, -0.1) is 0 Å². The van der Waals surface area contributed by atoms with E-state index in [9.17, 15) is 17.8 Å². The summed E-state index contributed by atoms with van der Waals surface area (Å²) in [7, 11) is -3.35. The van der Waals surface area contributed by atoms with E-state index in [4.69, 9.17) is 4.74 Å². The van der Waals surface area contributed by atoms with Crippen molar-refractivity contribution in [2.24, 2.45) is 0 Å². The Morgan fingerprint density at radius 1 is 1.12 bits per heavy atom. The lowest BCUT2D eigenvalue weighted by Crippen LogP contribution is -2.15. The molecule has 1 rings (SSSR count). The lowest BCUT2D eigenvalue weighted by atomic mass is 10.0. The normalized spacial score (nSPS) is 10.7. The summed E-state index contributed by atoms with van der Waals surface area (Å²) in [6.07, 6.45) is 2.47. The zero-order valence-corrected chi connectivity index (χ0v) is 14.6. The van der Waals surface area contributed by atoms with E-state index in [-0.39, 0.29) is 22.7 Å². The third kappa shape index (κ3) is 3.84. The van der Waals surface area contributed by atoms with Gasteiger partial charge in [0.2, 0.25) is 5.91 Å². The first-order valence-electron chi connectivity index (χ1n) is 6.78. The van der Waals surface area contributed by atoms with Crippen LogP contribution in [0.15, 0.2) is 42.5 Å². The smallest absolute Gasteiger partial charge is 0.298 e. The van der Waals surface area contributed by atoms with Crippen LogP contribution in [0.3, 0.4) is 0 Å². The second kappa shape index (κ2) is 7.33. The fourth-order valence-electron chi connectivity index (χ4n) is 2.20. The molecule has 1 aromatic carbocycles. The van der Waals surface area contributed by atoms with Crippen LogP contribution in [0.1, 0.15) is 11.1 Å². The van der Waals surface area contributed by atoms with Crippen LogP contribution in [0.5, 0.6) is 5.75 Å². The Kier molecular flexibility index (Phi) is 5.94. The topological polar surface area (TPSA) is 105 Å². The zero-order chi connectivity index (χ0) is 18.7. The lowest BCUT2D eigenvalue weighted by Gasteiger charge is -2.22. The van der Waals surface area contributed by atoms with Crippen molar-refractivity contribution in [2.75, 3.05) is 17.7 Å². The number of methoxy groups -OCH3 is 1. The van der Waals surface area contributed by atoms with Gasteiger partial charge in [-0.2, -0.15) is 8.42 Å². The summed E-state index contributed by atoms with van der Waals surface area (Å²) in [4.78, 5) is 11.2. The minimum atomic E-state index is -4.62. The molecule has 0 aromatic heterocycles. The van der Waals surface area contributed by atoms with Crippen LogP contribution in [0.4, 0.5) is 11.4 Å². The molecule has 0 aliphatic carbocycles. The molecule has 24 heavy (non-hydrogen) atoms. The number of anilines is 2. The highest BCUT2D eigenvalue weighted by Crippen LogP contribution is 2.43. The van der Waals surface area contributed by atoms with E-state index in [0.717, 1.165) is 6.08 Å². The number of ether oxygens (including phenoxy) is 1. The number of rotatable bonds is 7. The molecule has 130 valence electrons. The molecular weight excluding hydrogens is 332 g/mol. The minimum absolute atomic E-state index is 0.0906. The molecule has 0 unspecified atom stereocenters. The van der Waals surface area contributed by atoms with E-state index < -0.39 is 20.9 Å². The van der Waals surface area contributed by atoms with Crippen LogP contribution in [-0.2, 0) is 14.9 Å². The van der Waals surface area contributed by atoms with E-state index in [0.29, 0.717) is 11.3 Å². The van der Waals surface area contributed by atoms with Gasteiger partial charge in [0.25, 0.3) is 10.1 Å². The number of hydrogen-bond donors (Lipinski definition) is 3. The van der Waals surface area contributed by atoms with Gasteiger partial charge < -0.3 is 15.4 Å². The van der Waals surface area contributed by atoms with Crippen LogP contribution >= 0.6 is 0 Å². The Morgan fingerprint density at radius 3 is 2.12 bits per heavy atom. The van der Waals surface area contributed by atoms with Gasteiger partial charge in [-0.05, 0) is 31.6 Å². The molecule has 0 bridgehead atoms. The van der Waals surface area contributed by atoms with Crippen molar-refractivity contribution in [3.05, 3.63) is 48.7 Å². The van der Waals surface area contributed by atoms with Gasteiger partial charge in [-0.25, -0.2) is 0 Å². The van der Waals surface area contributed by atoms with Gasteiger partial charge in [0, 0.05) is 11.3 Å². The summed E-state index contributed by atoms with van der Waals surface area (Å²) in [5.74, 6) is -0.617. The first kappa shape index (κ1) is 19.5. The first-order chi connectivity index (χ1) is 11.1. The van der Waals surface area contributed by atoms with Crippen molar-refractivity contribution < 1.29 is 22.5 Å². The maximum absolute atomic E-state index is 11.8. The summed E-state index contributed by atoms with van der Waals surface area (Å²) < 4.78 is 38.4. The molecule has 0 atom stereocenters. The third-order valence-corrected chi connectivity index (χ3v) is 4.33. The Hall–Kier alpha value is -2.58. The number of nitrogens with one attached hydrogen (secondary N) is 2. The average molecular weight is 352 g/mol. The molecule has 3 N–H and O–H groups in total. The molecule has 8 heteroatoms. The van der Waals surface area contributed by atoms with Gasteiger partial charge in [0.15, 0.2) is 5.75 Å². The highest BCUT2D eigenvalue weighted by molar-refractivity contribution is 7.86. The molecule has 0 spiro atoms. The van der Waals surface area contributed by atoms with E-state index in [1.54, 1.807) is 6.92 Å². The summed E-state index contributed by atoms with van der Waals surface area (Å²) in [6.45, 7) is 13.7. The number of benzene rings is 1. The van der Waals surface area contributed by atoms with Crippen LogP contribution in [0.2, 0.25) is 0 Å². The SMILES string of the molecule is C=CC(=C)Nc1c(C)c(NC(=O)C=C)c(C)c(S(=O)(=O)O)c1OC. The fraction of sp³-hybridized carbons (Fsp3) is 0.188. The van der Waals surface area contributed by atoms with Gasteiger partial charge >= 0.3 is 0 Å². The molecule has 1 aromatic rings. The fourth-order valence-corrected chi connectivity index (χ4v) is 3.11. The first-order valence-corrected chi connectivity index (χ1v) is 8.22. The highest BCUT2D eigenvalue weighted by Gasteiger charge is 2.28. The van der Waals surface area contributed by atoms with Gasteiger partial charge in [-0.1, -0.05) is 19.7 Å². The Morgan fingerprint density at radius 2 is 1.71 bits per heavy atom. The Balaban J connectivity index is 3.89. The molecule has 0 aliphatic rings. The monoisotopic (exact) mass is 352 g/mol. The zero-order valence-electron chi connectivity index (χ0n) is 13.8. The third-order valence-electron chi connectivity index (χ3n) is 3.33. The van der Waals surface area contributed by atoms with Crippen LogP contribution in [0.25, 0.3) is 0 Å². The van der Waals surface area contributed by atoms with E-state index in [1.165, 1.54) is 20.1 Å². The van der Waals surface area contributed by atoms with Crippen molar-refractivity contribution in [2.45, 2.75) is 18.7 Å². The molecule has 0 fully saturated rings. The number of carbonyl (C=O) groups excluding carboxylic acids is 1. The minimum Gasteiger partial charge on any atom is -0.493 e. The number of hydrogen-bond acceptors (Lipinski definition) is 5. The lowest BCUT2D eigenvalue weighted by molar-refractivity contribution is -0.111. The maximum Gasteiger partial charge on any atom is 0.298 e. The van der Waals surface area contributed by atoms with E-state index in [1.807, 2.05) is 0 Å². The molecule has 0 saturated carbocycles. The molecule has 1 amide bonds. The predicted molar refractivity (Wildman–Crippen MR) is 94.1 cm³/mol. The highest BCUT2D eigenvalue weighted by atomic mass is 32.2. The van der Waals surface area contributed by atoms with Crippen molar-refractivity contribution in [3.8, 4) is 5.75 Å². The summed E-state index contributed by atoms with van der Waals surface area (Å²) >= 11 is 0. The average Bonchev–Trinajstić information content (AvgIpc) is 2.51. The maximum atomic E-state index is 11.8. The summed E-state index contributed by atoms with van der Waals surface area (Å²) in [5.41, 5.74) is 1.46. The quantitative estimate of drug-likeness (QED) is 0.396. The van der Waals surface area contributed by atoms with Crippen LogP contribution in [-0.4, -0.2) is 26.0 Å². The molecule has 0 heterocycles. The number of carbonyl (C=O) groups is 1. The Labute approximate surface area is 141 Å². The predicted octanol–water partition coefficient (Wildman–Crippen LogP) is 2.79. The largest absolute Gasteiger partial charge is 0.493 e. The van der Waals surface area contributed by atoms with Crippen LogP contribution < -0.4 is 15.4 Å². The van der Waals surface area contributed by atoms with Crippen LogP contribution in [0, 0.1) is 13.8 Å². The molecule has 0 aliphatic heterocycles. The van der Waals surface area contributed by atoms with Crippen molar-refractivity contribution in [1.82, 2.24) is 0 Å². The van der Waals surface area contributed by atoms with E-state index >= 15 is 0 Å². The van der Waals surface area contributed by atoms with Gasteiger partial charge in [0.1, 0.15) is 4.90 Å². The summed E-state index contributed by atoms with van der Waals surface area (Å²) in [5, 5.41) is 5.40. The van der Waals surface area contributed by atoms with Crippen molar-refractivity contribution >= 4 is 27.4 Å². The van der Waals surface area contributed by atoms with Crippen molar-refractivity contribution in [3.63, 3.8) is 0 Å². The number of amides is 1.